The van der Waals surface area contributed by atoms with Crippen molar-refractivity contribution in [3.8, 4) is 40.0 Å². The molecule has 0 fully saturated rings. The molecule has 8 aromatic rings. The van der Waals surface area contributed by atoms with Crippen molar-refractivity contribution in [1.82, 2.24) is 14.5 Å². The van der Waals surface area contributed by atoms with Crippen molar-refractivity contribution in [2.45, 2.75) is 6.42 Å². The van der Waals surface area contributed by atoms with E-state index in [2.05, 4.69) is 125 Å². The third-order valence-electron chi connectivity index (χ3n) is 9.66. The lowest BCUT2D eigenvalue weighted by Crippen LogP contribution is -2.10. The van der Waals surface area contributed by atoms with Gasteiger partial charge in [0.05, 0.1) is 27.8 Å². The van der Waals surface area contributed by atoms with Gasteiger partial charge in [0.1, 0.15) is 0 Å². The summed E-state index contributed by atoms with van der Waals surface area (Å²) >= 11 is 0. The van der Waals surface area contributed by atoms with Gasteiger partial charge in [-0.2, -0.15) is 0 Å². The second kappa shape index (κ2) is 12.9. The Morgan fingerprint density at radius 3 is 1.66 bits per heavy atom. The minimum absolute atomic E-state index is 0.565. The topological polar surface area (TPSA) is 52.4 Å². The maximum absolute atomic E-state index is 6.79. The first-order chi connectivity index (χ1) is 26.3. The summed E-state index contributed by atoms with van der Waals surface area (Å²) in [5.74, 6) is 3.26. The van der Waals surface area contributed by atoms with Gasteiger partial charge >= 0.3 is 0 Å². The summed E-state index contributed by atoms with van der Waals surface area (Å²) in [4.78, 5) is 12.8. The maximum atomic E-state index is 6.79. The Morgan fingerprint density at radius 1 is 0.509 bits per heavy atom. The minimum atomic E-state index is 0.565. The normalized spacial score (nSPS) is 13.3. The van der Waals surface area contributed by atoms with Crippen LogP contribution in [0.1, 0.15) is 6.42 Å². The summed E-state index contributed by atoms with van der Waals surface area (Å²) in [5.41, 5.74) is 8.67. The number of hydrogen-bond acceptors (Lipinski definition) is 5. The molecule has 1 aliphatic carbocycles. The van der Waals surface area contributed by atoms with Gasteiger partial charge in [0.15, 0.2) is 23.0 Å². The van der Waals surface area contributed by atoms with Crippen molar-refractivity contribution in [2.75, 3.05) is 4.90 Å². The highest BCUT2D eigenvalue weighted by molar-refractivity contribution is 6.14. The lowest BCUT2D eigenvalue weighted by molar-refractivity contribution is 0.320. The van der Waals surface area contributed by atoms with E-state index in [9.17, 15) is 0 Å². The molecule has 6 heteroatoms. The van der Waals surface area contributed by atoms with Crippen LogP contribution in [0.25, 0.3) is 50.3 Å². The second-order valence-corrected chi connectivity index (χ2v) is 13.0. The lowest BCUT2D eigenvalue weighted by atomic mass is 10.1. The van der Waals surface area contributed by atoms with Gasteiger partial charge < -0.3 is 14.4 Å². The van der Waals surface area contributed by atoms with E-state index in [0.717, 1.165) is 67.8 Å². The fourth-order valence-electron chi connectivity index (χ4n) is 7.22. The van der Waals surface area contributed by atoms with E-state index in [1.807, 2.05) is 66.7 Å². The summed E-state index contributed by atoms with van der Waals surface area (Å²) in [6.07, 6.45) is 8.94. The van der Waals surface area contributed by atoms with Gasteiger partial charge in [-0.3, -0.25) is 4.57 Å². The number of benzene rings is 6. The highest BCUT2D eigenvalue weighted by Crippen LogP contribution is 2.48. The number of aromatic nitrogens is 3. The molecule has 0 N–H and O–H groups in total. The monoisotopic (exact) mass is 684 g/mol. The van der Waals surface area contributed by atoms with E-state index >= 15 is 0 Å². The van der Waals surface area contributed by atoms with Crippen LogP contribution in [0.4, 0.5) is 17.1 Å². The third-order valence-corrected chi connectivity index (χ3v) is 9.66. The lowest BCUT2D eigenvalue weighted by Gasteiger charge is -2.25. The van der Waals surface area contributed by atoms with Crippen LogP contribution in [-0.2, 0) is 0 Å². The fraction of sp³-hybridized carbons (Fsp3) is 0.0213. The van der Waals surface area contributed by atoms with Gasteiger partial charge in [-0.15, -0.1) is 0 Å². The van der Waals surface area contributed by atoms with Crippen LogP contribution in [0.2, 0.25) is 0 Å². The minimum Gasteiger partial charge on any atom is -0.449 e. The highest BCUT2D eigenvalue weighted by atomic mass is 16.6. The van der Waals surface area contributed by atoms with E-state index < -0.39 is 0 Å². The number of anilines is 3. The van der Waals surface area contributed by atoms with E-state index in [0.29, 0.717) is 29.0 Å². The molecule has 0 saturated carbocycles. The van der Waals surface area contributed by atoms with Crippen LogP contribution in [-0.4, -0.2) is 14.5 Å². The number of hydrogen-bond donors (Lipinski definition) is 0. The van der Waals surface area contributed by atoms with Gasteiger partial charge in [-0.1, -0.05) is 109 Å². The number of fused-ring (bicyclic) bond motifs is 5. The van der Waals surface area contributed by atoms with Crippen LogP contribution in [0, 0.1) is 0 Å². The van der Waals surface area contributed by atoms with Gasteiger partial charge in [-0.25, -0.2) is 9.97 Å². The quantitative estimate of drug-likeness (QED) is 0.174. The van der Waals surface area contributed by atoms with Crippen molar-refractivity contribution in [3.05, 3.63) is 194 Å². The summed E-state index contributed by atoms with van der Waals surface area (Å²) in [7, 11) is 0. The molecular weight excluding hydrogens is 653 g/mol. The Bertz CT molecular complexity index is 2640. The summed E-state index contributed by atoms with van der Waals surface area (Å²) < 4.78 is 15.5. The van der Waals surface area contributed by atoms with E-state index in [1.54, 1.807) is 0 Å². The Kier molecular flexibility index (Phi) is 7.43. The molecule has 10 rings (SSSR count). The Balaban J connectivity index is 1.26. The predicted molar refractivity (Wildman–Crippen MR) is 213 cm³/mol. The molecule has 0 unspecified atom stereocenters. The van der Waals surface area contributed by atoms with Crippen LogP contribution in [0.5, 0.6) is 11.5 Å². The second-order valence-electron chi connectivity index (χ2n) is 13.0. The van der Waals surface area contributed by atoms with Crippen LogP contribution >= 0.6 is 0 Å². The van der Waals surface area contributed by atoms with Crippen molar-refractivity contribution in [3.63, 3.8) is 0 Å². The van der Waals surface area contributed by atoms with Gasteiger partial charge in [-0.05, 0) is 79.2 Å². The number of ether oxygens (including phenoxy) is 2. The first-order valence-corrected chi connectivity index (χ1v) is 17.7. The van der Waals surface area contributed by atoms with E-state index in [-0.39, 0.29) is 0 Å². The summed E-state index contributed by atoms with van der Waals surface area (Å²) in [5, 5.41) is 1.91. The zero-order chi connectivity index (χ0) is 35.1. The molecule has 1 aliphatic heterocycles. The average Bonchev–Trinajstić information content (AvgIpc) is 3.38. The third kappa shape index (κ3) is 5.45. The first kappa shape index (κ1) is 30.6. The Hall–Kier alpha value is -7.18. The summed E-state index contributed by atoms with van der Waals surface area (Å²) in [6, 6.07) is 54.1. The molecule has 6 nitrogen and oxygen atoms in total. The van der Waals surface area contributed by atoms with Crippen LogP contribution in [0.3, 0.4) is 0 Å². The summed E-state index contributed by atoms with van der Waals surface area (Å²) in [6.45, 7) is 0. The van der Waals surface area contributed by atoms with Gasteiger partial charge in [0.25, 0.3) is 0 Å². The average molecular weight is 685 g/mol. The van der Waals surface area contributed by atoms with Gasteiger partial charge in [0.2, 0.25) is 5.95 Å². The van der Waals surface area contributed by atoms with Crippen LogP contribution in [0.15, 0.2) is 194 Å². The molecule has 2 aromatic heterocycles. The molecule has 0 spiro atoms. The fourth-order valence-corrected chi connectivity index (χ4v) is 7.22. The maximum Gasteiger partial charge on any atom is 0.235 e. The number of nitrogens with zero attached hydrogens (tertiary/aromatic N) is 4. The zero-order valence-corrected chi connectivity index (χ0v) is 28.6. The molecule has 0 bridgehead atoms. The SMILES string of the molecule is C1=CC2=C(C=CC1)Oc1c(ccc3c1c1cc(N(c4ccccc4)c4ccccc4)ccc1n3-c1nc(-c3ccccc3)cc(-c3ccccc3)n1)O2. The molecule has 0 radical (unpaired) electrons. The smallest absolute Gasteiger partial charge is 0.235 e. The van der Waals surface area contributed by atoms with Gasteiger partial charge in [0, 0.05) is 33.6 Å². The largest absolute Gasteiger partial charge is 0.449 e. The Morgan fingerprint density at radius 2 is 1.06 bits per heavy atom. The molecule has 2 aliphatic rings. The molecule has 3 heterocycles. The molecule has 252 valence electrons. The van der Waals surface area contributed by atoms with Crippen molar-refractivity contribution in [1.29, 1.82) is 0 Å². The number of allylic oxidation sites excluding steroid dienone is 4. The number of para-hydroxylation sites is 2. The molecule has 53 heavy (non-hydrogen) atoms. The zero-order valence-electron chi connectivity index (χ0n) is 28.6. The van der Waals surface area contributed by atoms with E-state index in [4.69, 9.17) is 19.4 Å². The molecule has 6 aromatic carbocycles. The number of rotatable bonds is 6. The van der Waals surface area contributed by atoms with E-state index in [1.165, 1.54) is 0 Å². The molecular formula is C47H32N4O2. The van der Waals surface area contributed by atoms with Crippen molar-refractivity contribution < 1.29 is 9.47 Å². The standard InChI is InChI=1S/C47H32N4O2/c1-6-16-32(17-7-1)38-31-39(33-18-8-2-9-19-33)49-47(48-38)51-40-27-26-36(50(34-20-10-3-11-21-34)35-22-12-4-13-23-35)30-37(40)45-41(51)28-29-44-46(45)53-43-25-15-5-14-24-42(43)52-44/h1-4,6-31H,5H2. The van der Waals surface area contributed by atoms with Crippen molar-refractivity contribution >= 4 is 38.9 Å². The van der Waals surface area contributed by atoms with Crippen LogP contribution < -0.4 is 14.4 Å². The molecule has 0 atom stereocenters. The predicted octanol–water partition coefficient (Wildman–Crippen LogP) is 11.9. The Labute approximate surface area is 306 Å². The first-order valence-electron chi connectivity index (χ1n) is 17.7. The molecule has 0 amide bonds. The molecule has 0 saturated heterocycles. The van der Waals surface area contributed by atoms with Crippen molar-refractivity contribution in [2.24, 2.45) is 0 Å². The highest BCUT2D eigenvalue weighted by Gasteiger charge is 2.27.